The van der Waals surface area contributed by atoms with Crippen molar-refractivity contribution in [1.29, 1.82) is 0 Å². The van der Waals surface area contributed by atoms with Crippen molar-refractivity contribution in [2.45, 2.75) is 19.5 Å². The summed E-state index contributed by atoms with van der Waals surface area (Å²) < 4.78 is 1.69. The molecule has 8 nitrogen and oxygen atoms in total. The lowest BCUT2D eigenvalue weighted by Gasteiger charge is -2.28. The van der Waals surface area contributed by atoms with Crippen LogP contribution >= 0.6 is 23.2 Å². The van der Waals surface area contributed by atoms with Gasteiger partial charge in [-0.25, -0.2) is 9.83 Å². The van der Waals surface area contributed by atoms with Crippen LogP contribution < -0.4 is 5.73 Å². The fraction of sp³-hybridized carbons (Fsp3) is 0.190. The molecular weight excluding hydrogens is 439 g/mol. The Labute approximate surface area is 188 Å². The summed E-state index contributed by atoms with van der Waals surface area (Å²) in [6.07, 6.45) is 1.67. The van der Waals surface area contributed by atoms with E-state index in [0.717, 1.165) is 5.56 Å². The Morgan fingerprint density at radius 1 is 1.19 bits per heavy atom. The number of aromatic nitrogens is 3. The Morgan fingerprint density at radius 3 is 2.58 bits per heavy atom. The van der Waals surface area contributed by atoms with Crippen LogP contribution in [0.4, 0.5) is 5.69 Å². The van der Waals surface area contributed by atoms with E-state index in [0.29, 0.717) is 35.7 Å². The highest BCUT2D eigenvalue weighted by molar-refractivity contribution is 6.41. The number of rotatable bonds is 4. The highest BCUT2D eigenvalue weighted by atomic mass is 35.5. The van der Waals surface area contributed by atoms with Crippen molar-refractivity contribution in [2.24, 2.45) is 5.73 Å². The van der Waals surface area contributed by atoms with Crippen molar-refractivity contribution in [3.63, 3.8) is 0 Å². The molecule has 1 aliphatic rings. The van der Waals surface area contributed by atoms with Crippen molar-refractivity contribution in [3.05, 3.63) is 74.9 Å². The van der Waals surface area contributed by atoms with Gasteiger partial charge in [-0.2, -0.15) is 5.10 Å². The van der Waals surface area contributed by atoms with Gasteiger partial charge in [0.25, 0.3) is 5.91 Å². The minimum absolute atomic E-state index is 0.0869. The molecule has 2 N–H and O–H groups in total. The first-order valence-electron chi connectivity index (χ1n) is 9.32. The third-order valence-electron chi connectivity index (χ3n) is 5.07. The van der Waals surface area contributed by atoms with E-state index in [1.54, 1.807) is 39.9 Å². The summed E-state index contributed by atoms with van der Waals surface area (Å²) in [5.41, 5.74) is 8.67. The Hall–Kier alpha value is -3.41. The van der Waals surface area contributed by atoms with Crippen molar-refractivity contribution in [2.75, 3.05) is 6.54 Å². The van der Waals surface area contributed by atoms with Gasteiger partial charge in [-0.15, -0.1) is 0 Å². The average Bonchev–Trinajstić information content (AvgIpc) is 3.15. The lowest BCUT2D eigenvalue weighted by atomic mass is 10.1. The maximum atomic E-state index is 12.8. The largest absolute Gasteiger partial charge is 0.365 e. The maximum absolute atomic E-state index is 12.8. The van der Waals surface area contributed by atoms with Crippen LogP contribution in [0.25, 0.3) is 16.1 Å². The number of pyridine rings is 1. The lowest BCUT2D eigenvalue weighted by molar-refractivity contribution is -0.132. The van der Waals surface area contributed by atoms with Gasteiger partial charge in [-0.3, -0.25) is 14.3 Å². The van der Waals surface area contributed by atoms with E-state index < -0.39 is 5.91 Å². The topological polar surface area (TPSA) is 98.5 Å². The second-order valence-electron chi connectivity index (χ2n) is 7.02. The number of nitrogens with two attached hydrogens (primary N) is 1. The van der Waals surface area contributed by atoms with Crippen LogP contribution in [-0.4, -0.2) is 38.0 Å². The molecule has 0 spiro atoms. The summed E-state index contributed by atoms with van der Waals surface area (Å²) in [6.45, 7) is 8.09. The quantitative estimate of drug-likeness (QED) is 0.481. The molecule has 0 saturated heterocycles. The molecule has 0 saturated carbocycles. The first-order valence-corrected chi connectivity index (χ1v) is 10.1. The molecule has 1 aromatic carbocycles. The fourth-order valence-corrected chi connectivity index (χ4v) is 3.79. The van der Waals surface area contributed by atoms with Crippen molar-refractivity contribution in [3.8, 4) is 11.3 Å². The Morgan fingerprint density at radius 2 is 1.94 bits per heavy atom. The second-order valence-corrected chi connectivity index (χ2v) is 7.79. The first-order chi connectivity index (χ1) is 14.9. The number of amides is 2. The summed E-state index contributed by atoms with van der Waals surface area (Å²) in [7, 11) is 0. The van der Waals surface area contributed by atoms with E-state index in [9.17, 15) is 9.59 Å². The van der Waals surface area contributed by atoms with Gasteiger partial charge >= 0.3 is 0 Å². The fourth-order valence-electron chi connectivity index (χ4n) is 3.52. The minimum Gasteiger partial charge on any atom is -0.365 e. The highest BCUT2D eigenvalue weighted by Crippen LogP contribution is 2.31. The van der Waals surface area contributed by atoms with Gasteiger partial charge in [0.1, 0.15) is 10.8 Å². The number of hydrogen-bond acceptors (Lipinski definition) is 4. The number of halogens is 2. The monoisotopic (exact) mass is 454 g/mol. The number of carbonyl (C=O) groups excluding carboxylic acids is 2. The van der Waals surface area contributed by atoms with E-state index >= 15 is 0 Å². The predicted molar refractivity (Wildman–Crippen MR) is 116 cm³/mol. The van der Waals surface area contributed by atoms with Gasteiger partial charge < -0.3 is 10.6 Å². The van der Waals surface area contributed by atoms with Crippen LogP contribution in [-0.2, 0) is 24.3 Å². The molecule has 156 valence electrons. The molecule has 0 aliphatic carbocycles. The van der Waals surface area contributed by atoms with E-state index in [4.69, 9.17) is 35.5 Å². The third-order valence-corrected chi connectivity index (χ3v) is 5.76. The molecule has 0 radical (unpaired) electrons. The number of hydrogen-bond donors (Lipinski definition) is 1. The number of benzene rings is 1. The van der Waals surface area contributed by atoms with Crippen LogP contribution in [0.15, 0.2) is 36.5 Å². The Kier molecular flexibility index (Phi) is 5.63. The molecule has 4 rings (SSSR count). The molecule has 2 amide bonds. The molecule has 31 heavy (non-hydrogen) atoms. The van der Waals surface area contributed by atoms with E-state index in [1.807, 2.05) is 0 Å². The zero-order chi connectivity index (χ0) is 22.1. The zero-order valence-electron chi connectivity index (χ0n) is 16.2. The molecule has 0 bridgehead atoms. The van der Waals surface area contributed by atoms with Crippen LogP contribution in [0, 0.1) is 6.57 Å². The smallest absolute Gasteiger partial charge is 0.252 e. The number of fused-ring (bicyclic) bond motifs is 1. The molecule has 10 heteroatoms. The molecule has 0 atom stereocenters. The summed E-state index contributed by atoms with van der Waals surface area (Å²) >= 11 is 12.0. The van der Waals surface area contributed by atoms with Crippen molar-refractivity contribution in [1.82, 2.24) is 19.7 Å². The summed E-state index contributed by atoms with van der Waals surface area (Å²) in [5, 5.41) is 4.90. The summed E-state index contributed by atoms with van der Waals surface area (Å²) in [5.74, 6) is -0.734. The van der Waals surface area contributed by atoms with Gasteiger partial charge in [-0.05, 0) is 11.6 Å². The first kappa shape index (κ1) is 20.8. The maximum Gasteiger partial charge on any atom is 0.252 e. The Bertz CT molecular complexity index is 1230. The molecule has 3 aromatic rings. The SMILES string of the molecule is [C-]#[N+]c1ccc(CC(=O)N2CCn3nc(-c4cnc(Cl)c(Cl)c4)c(C(N)=O)c3C2)cc1. The highest BCUT2D eigenvalue weighted by Gasteiger charge is 2.29. The predicted octanol–water partition coefficient (Wildman–Crippen LogP) is 3.49. The van der Waals surface area contributed by atoms with Gasteiger partial charge in [0.2, 0.25) is 5.91 Å². The molecule has 3 heterocycles. The summed E-state index contributed by atoms with van der Waals surface area (Å²) in [6, 6.07) is 8.48. The van der Waals surface area contributed by atoms with Crippen LogP contribution in [0.3, 0.4) is 0 Å². The van der Waals surface area contributed by atoms with E-state index in [-0.39, 0.29) is 34.6 Å². The van der Waals surface area contributed by atoms with Gasteiger partial charge in [-0.1, -0.05) is 47.5 Å². The van der Waals surface area contributed by atoms with Crippen LogP contribution in [0.2, 0.25) is 10.2 Å². The van der Waals surface area contributed by atoms with E-state index in [1.165, 1.54) is 6.20 Å². The molecule has 1 aliphatic heterocycles. The van der Waals surface area contributed by atoms with Gasteiger partial charge in [0.05, 0.1) is 42.4 Å². The third kappa shape index (κ3) is 4.10. The number of nitrogens with zero attached hydrogens (tertiary/aromatic N) is 5. The minimum atomic E-state index is -0.647. The van der Waals surface area contributed by atoms with Crippen LogP contribution in [0.1, 0.15) is 21.6 Å². The van der Waals surface area contributed by atoms with Gasteiger partial charge in [0.15, 0.2) is 5.69 Å². The standard InChI is InChI=1S/C21H16Cl2N6O2/c1-25-14-4-2-12(3-5-14)8-17(30)28-6-7-29-16(11-28)18(21(24)31)19(27-29)13-9-15(22)20(23)26-10-13/h2-5,9-10H,6-8,11H2,(H2,24,31). The van der Waals surface area contributed by atoms with Crippen molar-refractivity contribution < 1.29 is 9.59 Å². The normalized spacial score (nSPS) is 12.9. The second kappa shape index (κ2) is 8.38. The zero-order valence-corrected chi connectivity index (χ0v) is 17.7. The number of carbonyl (C=O) groups is 2. The van der Waals surface area contributed by atoms with Gasteiger partial charge in [0, 0.05) is 18.3 Å². The molecule has 2 aromatic heterocycles. The molecule has 0 unspecified atom stereocenters. The van der Waals surface area contributed by atoms with Crippen LogP contribution in [0.5, 0.6) is 0 Å². The molecule has 0 fully saturated rings. The molecular formula is C21H16Cl2N6O2. The van der Waals surface area contributed by atoms with Crippen molar-refractivity contribution >= 4 is 40.7 Å². The lowest BCUT2D eigenvalue weighted by Crippen LogP contribution is -2.40. The Balaban J connectivity index is 1.61. The summed E-state index contributed by atoms with van der Waals surface area (Å²) in [4.78, 5) is 34.2. The number of primary amides is 1. The van der Waals surface area contributed by atoms with E-state index in [2.05, 4.69) is 14.9 Å². The average molecular weight is 455 g/mol.